The van der Waals surface area contributed by atoms with Crippen LogP contribution in [0.5, 0.6) is 0 Å². The van der Waals surface area contributed by atoms with E-state index < -0.39 is 0 Å². The molecular formula is C12H10Br2N2O2S. The molecular weight excluding hydrogens is 396 g/mol. The van der Waals surface area contributed by atoms with Gasteiger partial charge in [0.05, 0.1) is 11.8 Å². The third-order valence-electron chi connectivity index (χ3n) is 4.60. The zero-order valence-corrected chi connectivity index (χ0v) is 13.7. The molecule has 2 bridgehead atoms. The molecule has 0 spiro atoms. The number of halogens is 2. The maximum Gasteiger partial charge on any atom is 0.239 e. The summed E-state index contributed by atoms with van der Waals surface area (Å²) < 4.78 is 0. The van der Waals surface area contributed by atoms with Crippen molar-refractivity contribution in [2.45, 2.75) is 16.1 Å². The highest BCUT2D eigenvalue weighted by molar-refractivity contribution is 9.12. The fourth-order valence-corrected chi connectivity index (χ4v) is 6.39. The molecule has 19 heavy (non-hydrogen) atoms. The molecule has 0 N–H and O–H groups in total. The normalized spacial score (nSPS) is 44.2. The van der Waals surface area contributed by atoms with Gasteiger partial charge in [-0.15, -0.1) is 11.3 Å². The van der Waals surface area contributed by atoms with E-state index in [1.807, 2.05) is 0 Å². The van der Waals surface area contributed by atoms with Gasteiger partial charge in [-0.25, -0.2) is 9.88 Å². The Balaban J connectivity index is 1.76. The molecule has 2 heterocycles. The summed E-state index contributed by atoms with van der Waals surface area (Å²) >= 11 is 8.68. The van der Waals surface area contributed by atoms with Gasteiger partial charge < -0.3 is 0 Å². The number of carbonyl (C=O) groups is 2. The number of imide groups is 1. The monoisotopic (exact) mass is 404 g/mol. The van der Waals surface area contributed by atoms with Crippen LogP contribution in [0.3, 0.4) is 0 Å². The van der Waals surface area contributed by atoms with Gasteiger partial charge in [0.25, 0.3) is 0 Å². The first-order valence-electron chi connectivity index (χ1n) is 6.16. The van der Waals surface area contributed by atoms with E-state index in [0.29, 0.717) is 5.13 Å². The lowest BCUT2D eigenvalue weighted by molar-refractivity contribution is -0.123. The molecule has 7 heteroatoms. The number of rotatable bonds is 1. The molecule has 2 saturated carbocycles. The molecule has 1 aromatic rings. The predicted octanol–water partition coefficient (Wildman–Crippen LogP) is 2.43. The molecule has 0 aromatic carbocycles. The van der Waals surface area contributed by atoms with E-state index in [1.54, 1.807) is 11.6 Å². The molecule has 3 fully saturated rings. The van der Waals surface area contributed by atoms with Crippen molar-refractivity contribution in [3.8, 4) is 0 Å². The number of anilines is 1. The standard InChI is InChI=1S/C12H10Br2N2O2S/c13-8-4-3-5(9(8)14)7-6(4)10(17)16(11(7)18)12-15-1-2-19-12/h1-2,4-9H,3H2/t4-,5-,6-,7+,8-,9+/m1/s1. The fraction of sp³-hybridized carbons (Fsp3) is 0.583. The van der Waals surface area contributed by atoms with E-state index >= 15 is 0 Å². The molecule has 1 aromatic heterocycles. The first-order chi connectivity index (χ1) is 9.11. The van der Waals surface area contributed by atoms with Crippen LogP contribution in [0.15, 0.2) is 11.6 Å². The second-order valence-electron chi connectivity index (χ2n) is 5.33. The van der Waals surface area contributed by atoms with Crippen LogP contribution in [0.1, 0.15) is 6.42 Å². The van der Waals surface area contributed by atoms with Gasteiger partial charge in [-0.3, -0.25) is 9.59 Å². The third kappa shape index (κ3) is 1.46. The van der Waals surface area contributed by atoms with E-state index in [4.69, 9.17) is 0 Å². The van der Waals surface area contributed by atoms with Crippen molar-refractivity contribution in [1.29, 1.82) is 0 Å². The lowest BCUT2D eigenvalue weighted by atomic mass is 9.81. The fourth-order valence-electron chi connectivity index (χ4n) is 3.86. The largest absolute Gasteiger partial charge is 0.274 e. The van der Waals surface area contributed by atoms with Crippen LogP contribution >= 0.6 is 43.2 Å². The molecule has 4 rings (SSSR count). The number of fused-ring (bicyclic) bond motifs is 5. The molecule has 3 aliphatic rings. The average molecular weight is 406 g/mol. The van der Waals surface area contributed by atoms with Crippen molar-refractivity contribution >= 4 is 60.1 Å². The second-order valence-corrected chi connectivity index (χ2v) is 8.32. The van der Waals surface area contributed by atoms with Crippen molar-refractivity contribution < 1.29 is 9.59 Å². The van der Waals surface area contributed by atoms with Crippen molar-refractivity contribution in [2.75, 3.05) is 4.90 Å². The number of thiazole rings is 1. The van der Waals surface area contributed by atoms with Crippen LogP contribution < -0.4 is 4.90 Å². The van der Waals surface area contributed by atoms with E-state index in [1.165, 1.54) is 16.2 Å². The Hall–Kier alpha value is -0.270. The number of alkyl halides is 2. The number of hydrogen-bond acceptors (Lipinski definition) is 4. The Morgan fingerprint density at radius 3 is 2.21 bits per heavy atom. The number of amides is 2. The topological polar surface area (TPSA) is 50.3 Å². The first kappa shape index (κ1) is 12.5. The minimum absolute atomic E-state index is 0.0544. The summed E-state index contributed by atoms with van der Waals surface area (Å²) in [6, 6.07) is 0. The van der Waals surface area contributed by atoms with Crippen molar-refractivity contribution in [3.05, 3.63) is 11.6 Å². The van der Waals surface area contributed by atoms with Crippen molar-refractivity contribution in [3.63, 3.8) is 0 Å². The molecule has 1 saturated heterocycles. The molecule has 1 aliphatic heterocycles. The minimum atomic E-state index is -0.153. The summed E-state index contributed by atoms with van der Waals surface area (Å²) in [6.45, 7) is 0. The quantitative estimate of drug-likeness (QED) is 0.532. The summed E-state index contributed by atoms with van der Waals surface area (Å²) in [4.78, 5) is 31.1. The first-order valence-corrected chi connectivity index (χ1v) is 8.88. The molecule has 2 amide bonds. The SMILES string of the molecule is O=C1[C@@H]2[C@H]3C[C@@H]([C@H](Br)[C@@H]3Br)[C@@H]2C(=O)N1c1nccs1. The minimum Gasteiger partial charge on any atom is -0.274 e. The highest BCUT2D eigenvalue weighted by atomic mass is 79.9. The zero-order chi connectivity index (χ0) is 13.3. The summed E-state index contributed by atoms with van der Waals surface area (Å²) in [5.74, 6) is 0.114. The molecule has 6 atom stereocenters. The number of hydrogen-bond donors (Lipinski definition) is 0. The highest BCUT2D eigenvalue weighted by Crippen LogP contribution is 2.60. The van der Waals surface area contributed by atoms with Gasteiger partial charge in [0.1, 0.15) is 0 Å². The van der Waals surface area contributed by atoms with Crippen LogP contribution in [-0.2, 0) is 9.59 Å². The van der Waals surface area contributed by atoms with Crippen molar-refractivity contribution in [2.24, 2.45) is 23.7 Å². The Morgan fingerprint density at radius 1 is 1.16 bits per heavy atom. The Bertz CT molecular complexity index is 532. The molecule has 100 valence electrons. The summed E-state index contributed by atoms with van der Waals surface area (Å²) in [7, 11) is 0. The number of aromatic nitrogens is 1. The second kappa shape index (κ2) is 4.11. The van der Waals surface area contributed by atoms with Crippen molar-refractivity contribution in [1.82, 2.24) is 4.98 Å². The van der Waals surface area contributed by atoms with Gasteiger partial charge >= 0.3 is 0 Å². The van der Waals surface area contributed by atoms with E-state index in [2.05, 4.69) is 36.8 Å². The van der Waals surface area contributed by atoms with E-state index in [9.17, 15) is 9.59 Å². The van der Waals surface area contributed by atoms with Gasteiger partial charge in [0, 0.05) is 21.2 Å². The molecule has 0 radical (unpaired) electrons. The Morgan fingerprint density at radius 2 is 1.74 bits per heavy atom. The maximum atomic E-state index is 12.6. The lowest BCUT2D eigenvalue weighted by Crippen LogP contribution is -2.37. The third-order valence-corrected chi connectivity index (χ3v) is 8.56. The van der Waals surface area contributed by atoms with Gasteiger partial charge in [-0.2, -0.15) is 0 Å². The molecule has 0 unspecified atom stereocenters. The zero-order valence-electron chi connectivity index (χ0n) is 9.70. The van der Waals surface area contributed by atoms with Gasteiger partial charge in [-0.05, 0) is 18.3 Å². The highest BCUT2D eigenvalue weighted by Gasteiger charge is 2.66. The number of carbonyl (C=O) groups excluding carboxylic acids is 2. The van der Waals surface area contributed by atoms with Crippen LogP contribution in [0.4, 0.5) is 5.13 Å². The van der Waals surface area contributed by atoms with E-state index in [0.717, 1.165) is 6.42 Å². The summed E-state index contributed by atoms with van der Waals surface area (Å²) in [5.41, 5.74) is 0. The van der Waals surface area contributed by atoms with Gasteiger partial charge in [-0.1, -0.05) is 31.9 Å². The maximum absolute atomic E-state index is 12.6. The predicted molar refractivity (Wildman–Crippen MR) is 78.6 cm³/mol. The molecule has 2 aliphatic carbocycles. The van der Waals surface area contributed by atoms with Gasteiger partial charge in [0.2, 0.25) is 11.8 Å². The average Bonchev–Trinajstić information content (AvgIpc) is 3.10. The summed E-state index contributed by atoms with van der Waals surface area (Å²) in [6.07, 6.45) is 2.59. The lowest BCUT2D eigenvalue weighted by Gasteiger charge is -2.28. The Labute approximate surface area is 130 Å². The van der Waals surface area contributed by atoms with Crippen LogP contribution in [-0.4, -0.2) is 26.5 Å². The summed E-state index contributed by atoms with van der Waals surface area (Å²) in [5, 5.41) is 2.31. The van der Waals surface area contributed by atoms with Crippen LogP contribution in [0.25, 0.3) is 0 Å². The molecule has 4 nitrogen and oxygen atoms in total. The Kier molecular flexibility index (Phi) is 2.70. The number of nitrogens with zero attached hydrogens (tertiary/aromatic N) is 2. The van der Waals surface area contributed by atoms with E-state index in [-0.39, 0.29) is 45.1 Å². The van der Waals surface area contributed by atoms with Crippen LogP contribution in [0, 0.1) is 23.7 Å². The smallest absolute Gasteiger partial charge is 0.239 e. The van der Waals surface area contributed by atoms with Gasteiger partial charge in [0.15, 0.2) is 5.13 Å². The van der Waals surface area contributed by atoms with Crippen LogP contribution in [0.2, 0.25) is 0 Å².